The predicted molar refractivity (Wildman–Crippen MR) is 108 cm³/mol. The van der Waals surface area contributed by atoms with Crippen molar-refractivity contribution in [2.45, 2.75) is 32.1 Å². The van der Waals surface area contributed by atoms with E-state index in [0.717, 1.165) is 11.3 Å². The minimum atomic E-state index is -3.65. The Morgan fingerprint density at radius 3 is 2.32 bits per heavy atom. The molecular formula is C19H27N5O3S. The molecule has 0 bridgehead atoms. The van der Waals surface area contributed by atoms with E-state index in [2.05, 4.69) is 10.4 Å². The van der Waals surface area contributed by atoms with Crippen LogP contribution in [0.2, 0.25) is 0 Å². The van der Waals surface area contributed by atoms with Crippen molar-refractivity contribution in [2.24, 2.45) is 7.05 Å². The van der Waals surface area contributed by atoms with Crippen molar-refractivity contribution in [3.05, 3.63) is 41.2 Å². The van der Waals surface area contributed by atoms with Gasteiger partial charge in [0.15, 0.2) is 0 Å². The molecule has 1 saturated heterocycles. The molecule has 2 heterocycles. The van der Waals surface area contributed by atoms with Gasteiger partial charge in [-0.25, -0.2) is 13.2 Å². The monoisotopic (exact) mass is 405 g/mol. The van der Waals surface area contributed by atoms with Gasteiger partial charge >= 0.3 is 6.03 Å². The third-order valence-corrected chi connectivity index (χ3v) is 7.24. The summed E-state index contributed by atoms with van der Waals surface area (Å²) in [5.41, 5.74) is 2.97. The molecule has 1 fully saturated rings. The molecule has 1 aromatic carbocycles. The first-order valence-electron chi connectivity index (χ1n) is 9.33. The van der Waals surface area contributed by atoms with E-state index < -0.39 is 10.0 Å². The maximum Gasteiger partial charge on any atom is 0.321 e. The van der Waals surface area contributed by atoms with Crippen LogP contribution in [0, 0.1) is 20.8 Å². The Bertz CT molecular complexity index is 966. The Morgan fingerprint density at radius 2 is 1.71 bits per heavy atom. The van der Waals surface area contributed by atoms with E-state index in [1.165, 1.54) is 4.31 Å². The Labute approximate surface area is 166 Å². The Hall–Kier alpha value is -2.39. The van der Waals surface area contributed by atoms with Crippen molar-refractivity contribution in [2.75, 3.05) is 31.5 Å². The maximum atomic E-state index is 13.1. The number of sulfonamides is 1. The molecule has 0 aliphatic carbocycles. The summed E-state index contributed by atoms with van der Waals surface area (Å²) in [6.45, 7) is 6.94. The van der Waals surface area contributed by atoms with Crippen LogP contribution in [-0.4, -0.2) is 59.6 Å². The van der Waals surface area contributed by atoms with Gasteiger partial charge in [0.05, 0.1) is 11.4 Å². The Kier molecular flexibility index (Phi) is 5.76. The minimum absolute atomic E-state index is 0.211. The molecule has 2 amide bonds. The number of hydrogen-bond acceptors (Lipinski definition) is 4. The number of aromatic nitrogens is 2. The van der Waals surface area contributed by atoms with Crippen LogP contribution >= 0.6 is 0 Å². The van der Waals surface area contributed by atoms with Crippen molar-refractivity contribution >= 4 is 21.7 Å². The van der Waals surface area contributed by atoms with Gasteiger partial charge in [-0.1, -0.05) is 17.7 Å². The second-order valence-electron chi connectivity index (χ2n) is 7.16. The molecule has 9 heteroatoms. The summed E-state index contributed by atoms with van der Waals surface area (Å²) in [7, 11) is -1.91. The lowest BCUT2D eigenvalue weighted by atomic mass is 10.2. The number of benzene rings is 1. The highest BCUT2D eigenvalue weighted by atomic mass is 32.2. The van der Waals surface area contributed by atoms with Crippen LogP contribution in [-0.2, 0) is 17.1 Å². The van der Waals surface area contributed by atoms with Gasteiger partial charge in [-0.3, -0.25) is 4.68 Å². The lowest BCUT2D eigenvalue weighted by molar-refractivity contribution is 0.214. The number of aryl methyl sites for hydroxylation is 3. The lowest BCUT2D eigenvalue weighted by Crippen LogP contribution is -2.39. The third kappa shape index (κ3) is 4.05. The average Bonchev–Trinajstić information content (AvgIpc) is 2.82. The van der Waals surface area contributed by atoms with Crippen molar-refractivity contribution < 1.29 is 13.2 Å². The quantitative estimate of drug-likeness (QED) is 0.849. The number of rotatable bonds is 3. The molecule has 1 aliphatic heterocycles. The maximum absolute atomic E-state index is 13.1. The van der Waals surface area contributed by atoms with Gasteiger partial charge in [0.25, 0.3) is 0 Å². The number of nitrogens with zero attached hydrogens (tertiary/aromatic N) is 4. The fraction of sp³-hybridized carbons (Fsp3) is 0.474. The summed E-state index contributed by atoms with van der Waals surface area (Å²) >= 11 is 0. The molecule has 152 valence electrons. The van der Waals surface area contributed by atoms with Gasteiger partial charge in [-0.15, -0.1) is 0 Å². The average molecular weight is 406 g/mol. The van der Waals surface area contributed by atoms with Gasteiger partial charge in [-0.2, -0.15) is 9.40 Å². The van der Waals surface area contributed by atoms with Crippen LogP contribution in [0.5, 0.6) is 0 Å². The number of amides is 2. The smallest absolute Gasteiger partial charge is 0.321 e. The van der Waals surface area contributed by atoms with E-state index >= 15 is 0 Å². The number of carbonyl (C=O) groups excluding carboxylic acids is 1. The van der Waals surface area contributed by atoms with Crippen LogP contribution in [0.25, 0.3) is 0 Å². The van der Waals surface area contributed by atoms with Gasteiger partial charge in [0.2, 0.25) is 10.0 Å². The normalized spacial score (nSPS) is 16.1. The van der Waals surface area contributed by atoms with Gasteiger partial charge in [0.1, 0.15) is 4.90 Å². The number of nitrogens with one attached hydrogen (secondary N) is 1. The SMILES string of the molecule is Cc1ccc(NC(=O)N2CCCN(S(=O)(=O)c3c(C)nn(C)c3C)CC2)cc1. The summed E-state index contributed by atoms with van der Waals surface area (Å²) < 4.78 is 29.3. The first kappa shape index (κ1) is 20.3. The Balaban J connectivity index is 1.70. The third-order valence-electron chi connectivity index (χ3n) is 5.09. The molecule has 28 heavy (non-hydrogen) atoms. The molecule has 0 spiro atoms. The van der Waals surface area contributed by atoms with Crippen molar-refractivity contribution in [1.29, 1.82) is 0 Å². The zero-order chi connectivity index (χ0) is 20.5. The van der Waals surface area contributed by atoms with E-state index in [9.17, 15) is 13.2 Å². The molecule has 0 unspecified atom stereocenters. The molecular weight excluding hydrogens is 378 g/mol. The highest BCUT2D eigenvalue weighted by Crippen LogP contribution is 2.24. The predicted octanol–water partition coefficient (Wildman–Crippen LogP) is 2.27. The zero-order valence-electron chi connectivity index (χ0n) is 16.8. The molecule has 1 aliphatic rings. The first-order chi connectivity index (χ1) is 13.2. The fourth-order valence-electron chi connectivity index (χ4n) is 3.43. The highest BCUT2D eigenvalue weighted by Gasteiger charge is 2.32. The van der Waals surface area contributed by atoms with Gasteiger partial charge < -0.3 is 10.2 Å². The molecule has 1 aromatic heterocycles. The fourth-order valence-corrected chi connectivity index (χ4v) is 5.30. The molecule has 0 saturated carbocycles. The van der Waals surface area contributed by atoms with E-state index in [1.807, 2.05) is 31.2 Å². The van der Waals surface area contributed by atoms with Crippen LogP contribution in [0.3, 0.4) is 0 Å². The van der Waals surface area contributed by atoms with Crippen molar-refractivity contribution in [3.63, 3.8) is 0 Å². The summed E-state index contributed by atoms with van der Waals surface area (Å²) in [5, 5.41) is 7.11. The van der Waals surface area contributed by atoms with Crippen LogP contribution in [0.4, 0.5) is 10.5 Å². The second-order valence-corrected chi connectivity index (χ2v) is 9.04. The summed E-state index contributed by atoms with van der Waals surface area (Å²) in [6.07, 6.45) is 0.582. The highest BCUT2D eigenvalue weighted by molar-refractivity contribution is 7.89. The van der Waals surface area contributed by atoms with Gasteiger partial charge in [-0.05, 0) is 39.3 Å². The molecule has 2 aromatic rings. The molecule has 0 atom stereocenters. The molecule has 3 rings (SSSR count). The number of carbonyl (C=O) groups is 1. The molecule has 1 N–H and O–H groups in total. The van der Waals surface area contributed by atoms with Gasteiger partial charge in [0, 0.05) is 38.9 Å². The van der Waals surface area contributed by atoms with E-state index in [0.29, 0.717) is 37.4 Å². The van der Waals surface area contributed by atoms with Crippen LogP contribution in [0.1, 0.15) is 23.4 Å². The first-order valence-corrected chi connectivity index (χ1v) is 10.8. The van der Waals surface area contributed by atoms with Crippen molar-refractivity contribution in [3.8, 4) is 0 Å². The number of hydrogen-bond donors (Lipinski definition) is 1. The minimum Gasteiger partial charge on any atom is -0.323 e. The van der Waals surface area contributed by atoms with E-state index in [-0.39, 0.29) is 17.5 Å². The molecule has 8 nitrogen and oxygen atoms in total. The standard InChI is InChI=1S/C19H27N5O3S/c1-14-6-8-17(9-7-14)20-19(25)23-10-5-11-24(13-12-23)28(26,27)18-15(2)21-22(4)16(18)3/h6-9H,5,10-13H2,1-4H3,(H,20,25). The van der Waals surface area contributed by atoms with E-state index in [4.69, 9.17) is 0 Å². The Morgan fingerprint density at radius 1 is 1.04 bits per heavy atom. The number of anilines is 1. The van der Waals surface area contributed by atoms with Crippen LogP contribution in [0.15, 0.2) is 29.2 Å². The largest absolute Gasteiger partial charge is 0.323 e. The van der Waals surface area contributed by atoms with Crippen molar-refractivity contribution in [1.82, 2.24) is 19.0 Å². The van der Waals surface area contributed by atoms with E-state index in [1.54, 1.807) is 30.5 Å². The summed E-state index contributed by atoms with van der Waals surface area (Å²) in [6, 6.07) is 7.37. The second kappa shape index (κ2) is 7.92. The summed E-state index contributed by atoms with van der Waals surface area (Å²) in [4.78, 5) is 14.5. The number of urea groups is 1. The van der Waals surface area contributed by atoms with Crippen LogP contribution < -0.4 is 5.32 Å². The molecule has 0 radical (unpaired) electrons. The topological polar surface area (TPSA) is 87.5 Å². The summed E-state index contributed by atoms with van der Waals surface area (Å²) in [5.74, 6) is 0. The zero-order valence-corrected chi connectivity index (χ0v) is 17.6. The lowest BCUT2D eigenvalue weighted by Gasteiger charge is -2.22.